The Morgan fingerprint density at radius 3 is 2.80 bits per heavy atom. The van der Waals surface area contributed by atoms with Gasteiger partial charge < -0.3 is 4.90 Å². The summed E-state index contributed by atoms with van der Waals surface area (Å²) in [5, 5.41) is 0.794. The zero-order chi connectivity index (χ0) is 14.1. The smallest absolute Gasteiger partial charge is 0.255 e. The zero-order valence-electron chi connectivity index (χ0n) is 11.5. The Labute approximate surface area is 117 Å². The average Bonchev–Trinajstić information content (AvgIpc) is 2.47. The van der Waals surface area contributed by atoms with Crippen molar-refractivity contribution in [1.82, 2.24) is 9.88 Å². The monoisotopic (exact) mass is 272 g/mol. The van der Waals surface area contributed by atoms with Crippen molar-refractivity contribution in [3.8, 4) is 0 Å². The molecule has 1 fully saturated rings. The van der Waals surface area contributed by atoms with E-state index in [4.69, 9.17) is 0 Å². The van der Waals surface area contributed by atoms with Crippen molar-refractivity contribution in [1.29, 1.82) is 0 Å². The molecule has 4 heteroatoms. The van der Waals surface area contributed by atoms with Gasteiger partial charge in [-0.1, -0.05) is 6.92 Å². The quantitative estimate of drug-likeness (QED) is 0.798. The van der Waals surface area contributed by atoms with Crippen molar-refractivity contribution in [2.24, 2.45) is 5.92 Å². The first-order valence-electron chi connectivity index (χ1n) is 6.98. The van der Waals surface area contributed by atoms with Crippen LogP contribution in [0.2, 0.25) is 0 Å². The van der Waals surface area contributed by atoms with Gasteiger partial charge in [-0.25, -0.2) is 4.39 Å². The zero-order valence-corrected chi connectivity index (χ0v) is 11.5. The summed E-state index contributed by atoms with van der Waals surface area (Å²) in [6.07, 6.45) is 3.65. The van der Waals surface area contributed by atoms with Crippen LogP contribution < -0.4 is 0 Å². The maximum Gasteiger partial charge on any atom is 0.255 e. The lowest BCUT2D eigenvalue weighted by Gasteiger charge is -2.30. The summed E-state index contributed by atoms with van der Waals surface area (Å²) in [6, 6.07) is 6.22. The predicted molar refractivity (Wildman–Crippen MR) is 76.0 cm³/mol. The molecule has 0 saturated carbocycles. The third kappa shape index (κ3) is 2.50. The number of hydrogen-bond acceptors (Lipinski definition) is 2. The minimum Gasteiger partial charge on any atom is -0.339 e. The highest BCUT2D eigenvalue weighted by Gasteiger charge is 2.21. The van der Waals surface area contributed by atoms with Crippen LogP contribution in [0, 0.1) is 11.7 Å². The van der Waals surface area contributed by atoms with Crippen LogP contribution in [-0.4, -0.2) is 28.9 Å². The van der Waals surface area contributed by atoms with Crippen molar-refractivity contribution in [3.05, 3.63) is 41.8 Å². The summed E-state index contributed by atoms with van der Waals surface area (Å²) in [6.45, 7) is 3.83. The van der Waals surface area contributed by atoms with Crippen LogP contribution in [0.1, 0.15) is 30.1 Å². The van der Waals surface area contributed by atoms with Gasteiger partial charge in [0.1, 0.15) is 5.82 Å². The van der Waals surface area contributed by atoms with E-state index >= 15 is 0 Å². The lowest BCUT2D eigenvalue weighted by Crippen LogP contribution is -2.37. The molecule has 0 aliphatic carbocycles. The summed E-state index contributed by atoms with van der Waals surface area (Å²) >= 11 is 0. The molecule has 3 rings (SSSR count). The second-order valence-corrected chi connectivity index (χ2v) is 5.54. The molecule has 1 aliphatic rings. The first-order chi connectivity index (χ1) is 9.63. The Balaban J connectivity index is 1.86. The first-order valence-corrected chi connectivity index (χ1v) is 6.98. The molecule has 0 atom stereocenters. The molecular weight excluding hydrogens is 255 g/mol. The first kappa shape index (κ1) is 13.0. The number of likely N-dealkylation sites (tertiary alicyclic amines) is 1. The van der Waals surface area contributed by atoms with Crippen LogP contribution in [0.5, 0.6) is 0 Å². The number of aromatic nitrogens is 1. The summed E-state index contributed by atoms with van der Waals surface area (Å²) in [5.41, 5.74) is 1.16. The van der Waals surface area contributed by atoms with Crippen LogP contribution in [0.4, 0.5) is 4.39 Å². The van der Waals surface area contributed by atoms with Gasteiger partial charge in [0, 0.05) is 30.7 Å². The van der Waals surface area contributed by atoms with E-state index < -0.39 is 0 Å². The molecular formula is C16H17FN2O. The van der Waals surface area contributed by atoms with Crippen LogP contribution in [0.25, 0.3) is 10.9 Å². The lowest BCUT2D eigenvalue weighted by atomic mass is 9.98. The van der Waals surface area contributed by atoms with E-state index in [1.165, 1.54) is 12.1 Å². The van der Waals surface area contributed by atoms with E-state index in [2.05, 4.69) is 11.9 Å². The minimum atomic E-state index is -0.311. The third-order valence-corrected chi connectivity index (χ3v) is 3.96. The summed E-state index contributed by atoms with van der Waals surface area (Å²) in [4.78, 5) is 18.5. The molecule has 0 N–H and O–H groups in total. The largest absolute Gasteiger partial charge is 0.339 e. The molecule has 1 saturated heterocycles. The highest BCUT2D eigenvalue weighted by Crippen LogP contribution is 2.20. The van der Waals surface area contributed by atoms with Gasteiger partial charge in [-0.15, -0.1) is 0 Å². The molecule has 1 amide bonds. The van der Waals surface area contributed by atoms with Gasteiger partial charge in [0.05, 0.1) is 11.1 Å². The van der Waals surface area contributed by atoms with Gasteiger partial charge in [-0.2, -0.15) is 0 Å². The minimum absolute atomic E-state index is 0.0237. The third-order valence-electron chi connectivity index (χ3n) is 3.96. The number of amides is 1. The molecule has 104 valence electrons. The molecule has 1 aliphatic heterocycles. The highest BCUT2D eigenvalue weighted by atomic mass is 19.1. The van der Waals surface area contributed by atoms with Gasteiger partial charge in [0.25, 0.3) is 5.91 Å². The van der Waals surface area contributed by atoms with Crippen LogP contribution in [-0.2, 0) is 0 Å². The topological polar surface area (TPSA) is 33.2 Å². The number of pyridine rings is 1. The van der Waals surface area contributed by atoms with E-state index in [1.807, 2.05) is 4.90 Å². The molecule has 2 aromatic rings. The Kier molecular flexibility index (Phi) is 3.38. The maximum atomic E-state index is 13.1. The van der Waals surface area contributed by atoms with Crippen LogP contribution in [0.15, 0.2) is 30.5 Å². The number of nitrogens with zero attached hydrogens (tertiary/aromatic N) is 2. The Morgan fingerprint density at radius 1 is 1.30 bits per heavy atom. The highest BCUT2D eigenvalue weighted by molar-refractivity contribution is 5.97. The fraction of sp³-hybridized carbons (Fsp3) is 0.375. The number of halogens is 1. The molecule has 3 nitrogen and oxygen atoms in total. The number of carbonyl (C=O) groups is 1. The van der Waals surface area contributed by atoms with Crippen molar-refractivity contribution in [3.63, 3.8) is 0 Å². The average molecular weight is 272 g/mol. The number of piperidine rings is 1. The van der Waals surface area contributed by atoms with Crippen molar-refractivity contribution in [2.75, 3.05) is 13.1 Å². The molecule has 0 bridgehead atoms. The van der Waals surface area contributed by atoms with E-state index in [1.54, 1.807) is 18.3 Å². The number of rotatable bonds is 1. The predicted octanol–water partition coefficient (Wildman–Crippen LogP) is 3.25. The molecule has 0 unspecified atom stereocenters. The van der Waals surface area contributed by atoms with Gasteiger partial charge in [-0.3, -0.25) is 9.78 Å². The van der Waals surface area contributed by atoms with E-state index in [0.717, 1.165) is 31.3 Å². The SMILES string of the molecule is CC1CCN(C(=O)c2cnc3cc(F)ccc3c2)CC1. The maximum absolute atomic E-state index is 13.1. The summed E-state index contributed by atoms with van der Waals surface area (Å²) < 4.78 is 13.1. The standard InChI is InChI=1S/C16H17FN2O/c1-11-4-6-19(7-5-11)16(20)13-8-12-2-3-14(17)9-15(12)18-10-13/h2-3,8-11H,4-7H2,1H3. The number of benzene rings is 1. The van der Waals surface area contributed by atoms with Crippen molar-refractivity contribution < 1.29 is 9.18 Å². The Bertz CT molecular complexity index is 648. The number of hydrogen-bond donors (Lipinski definition) is 0. The summed E-state index contributed by atoms with van der Waals surface area (Å²) in [7, 11) is 0. The number of fused-ring (bicyclic) bond motifs is 1. The van der Waals surface area contributed by atoms with E-state index in [0.29, 0.717) is 17.0 Å². The molecule has 0 spiro atoms. The van der Waals surface area contributed by atoms with Crippen LogP contribution in [0.3, 0.4) is 0 Å². The van der Waals surface area contributed by atoms with Gasteiger partial charge in [0.2, 0.25) is 0 Å². The van der Waals surface area contributed by atoms with E-state index in [9.17, 15) is 9.18 Å². The van der Waals surface area contributed by atoms with E-state index in [-0.39, 0.29) is 11.7 Å². The molecule has 1 aromatic heterocycles. The second kappa shape index (κ2) is 5.19. The normalized spacial score (nSPS) is 16.6. The fourth-order valence-corrected chi connectivity index (χ4v) is 2.61. The fourth-order valence-electron chi connectivity index (χ4n) is 2.61. The van der Waals surface area contributed by atoms with Gasteiger partial charge >= 0.3 is 0 Å². The van der Waals surface area contributed by atoms with Crippen molar-refractivity contribution >= 4 is 16.8 Å². The van der Waals surface area contributed by atoms with Gasteiger partial charge in [-0.05, 0) is 37.0 Å². The number of carbonyl (C=O) groups excluding carboxylic acids is 1. The van der Waals surface area contributed by atoms with Crippen molar-refractivity contribution in [2.45, 2.75) is 19.8 Å². The Morgan fingerprint density at radius 2 is 2.05 bits per heavy atom. The molecule has 2 heterocycles. The second-order valence-electron chi connectivity index (χ2n) is 5.54. The molecule has 0 radical (unpaired) electrons. The van der Waals surface area contributed by atoms with Crippen LogP contribution >= 0.6 is 0 Å². The summed E-state index contributed by atoms with van der Waals surface area (Å²) in [5.74, 6) is 0.404. The van der Waals surface area contributed by atoms with Gasteiger partial charge in [0.15, 0.2) is 0 Å². The molecule has 1 aromatic carbocycles. The lowest BCUT2D eigenvalue weighted by molar-refractivity contribution is 0.0697. The molecule has 20 heavy (non-hydrogen) atoms. The Hall–Kier alpha value is -1.97.